The fourth-order valence-corrected chi connectivity index (χ4v) is 4.04. The van der Waals surface area contributed by atoms with Crippen molar-refractivity contribution in [3.8, 4) is 0 Å². The molecule has 0 fully saturated rings. The van der Waals surface area contributed by atoms with Gasteiger partial charge in [-0.15, -0.1) is 11.8 Å². The minimum Gasteiger partial charge on any atom is -0.314 e. The zero-order chi connectivity index (χ0) is 21.3. The predicted octanol–water partition coefficient (Wildman–Crippen LogP) is 6.72. The van der Waals surface area contributed by atoms with Crippen LogP contribution in [0.4, 0.5) is 11.4 Å². The van der Waals surface area contributed by atoms with Crippen LogP contribution in [0.25, 0.3) is 4.91 Å². The van der Waals surface area contributed by atoms with Gasteiger partial charge in [-0.1, -0.05) is 37.3 Å². The highest BCUT2D eigenvalue weighted by molar-refractivity contribution is 8.07. The molecule has 152 valence electrons. The summed E-state index contributed by atoms with van der Waals surface area (Å²) in [5, 5.41) is 0. The maximum absolute atomic E-state index is 11.2. The Morgan fingerprint density at radius 2 is 1.63 bits per heavy atom. The first-order valence-electron chi connectivity index (χ1n) is 9.92. The number of nitrogens with zero attached hydrogens (tertiary/aromatic N) is 1. The number of allylic oxidation sites excluding steroid dienone is 6. The minimum atomic E-state index is 0.640. The molecule has 0 spiro atoms. The minimum absolute atomic E-state index is 0.640. The van der Waals surface area contributed by atoms with Gasteiger partial charge in [0.15, 0.2) is 0 Å². The molecule has 0 unspecified atom stereocenters. The standard InChI is InChI=1S/C26H25NO2S/c1-3-5-26(30-2)22-11-16-25(17-12-22)27(24-14-9-21(19-29)10-15-24)23-7-4-6-20(18-28)8-13-23/h4-6,8-19H,3,7H2,1-2H3/b26-5-. The van der Waals surface area contributed by atoms with Crippen molar-refractivity contribution in [3.63, 3.8) is 0 Å². The zero-order valence-corrected chi connectivity index (χ0v) is 18.1. The molecule has 0 aromatic heterocycles. The second-order valence-corrected chi connectivity index (χ2v) is 7.67. The van der Waals surface area contributed by atoms with E-state index in [4.69, 9.17) is 0 Å². The Kier molecular flexibility index (Phi) is 7.63. The number of benzene rings is 2. The third-order valence-electron chi connectivity index (χ3n) is 4.84. The first-order valence-corrected chi connectivity index (χ1v) is 11.1. The first kappa shape index (κ1) is 21.6. The molecule has 0 saturated carbocycles. The quantitative estimate of drug-likeness (QED) is 0.449. The molecule has 0 bridgehead atoms. The average molecular weight is 416 g/mol. The number of anilines is 2. The van der Waals surface area contributed by atoms with Crippen LogP contribution in [0.15, 0.2) is 90.2 Å². The fourth-order valence-electron chi connectivity index (χ4n) is 3.34. The molecule has 4 heteroatoms. The van der Waals surface area contributed by atoms with E-state index in [2.05, 4.69) is 48.4 Å². The largest absolute Gasteiger partial charge is 0.314 e. The van der Waals surface area contributed by atoms with E-state index in [1.165, 1.54) is 10.5 Å². The number of aldehydes is 2. The van der Waals surface area contributed by atoms with E-state index in [0.717, 1.165) is 36.1 Å². The lowest BCUT2D eigenvalue weighted by atomic mass is 10.1. The molecular weight excluding hydrogens is 390 g/mol. The van der Waals surface area contributed by atoms with Gasteiger partial charge in [0.05, 0.1) is 0 Å². The first-order chi connectivity index (χ1) is 14.7. The number of thioether (sulfide) groups is 1. The molecule has 0 N–H and O–H groups in total. The van der Waals surface area contributed by atoms with E-state index in [1.54, 1.807) is 11.8 Å². The highest BCUT2D eigenvalue weighted by atomic mass is 32.2. The lowest BCUT2D eigenvalue weighted by molar-refractivity contribution is -0.104. The highest BCUT2D eigenvalue weighted by Gasteiger charge is 2.15. The van der Waals surface area contributed by atoms with Gasteiger partial charge >= 0.3 is 0 Å². The monoisotopic (exact) mass is 415 g/mol. The summed E-state index contributed by atoms with van der Waals surface area (Å²) in [7, 11) is 0. The van der Waals surface area contributed by atoms with Gasteiger partial charge < -0.3 is 4.90 Å². The molecule has 1 aliphatic carbocycles. The van der Waals surface area contributed by atoms with Crippen LogP contribution in [-0.4, -0.2) is 18.8 Å². The van der Waals surface area contributed by atoms with Crippen molar-refractivity contribution in [1.82, 2.24) is 0 Å². The van der Waals surface area contributed by atoms with Crippen LogP contribution in [0.2, 0.25) is 0 Å². The molecule has 0 aliphatic heterocycles. The van der Waals surface area contributed by atoms with Crippen molar-refractivity contribution in [1.29, 1.82) is 0 Å². The van der Waals surface area contributed by atoms with E-state index in [1.807, 2.05) is 48.6 Å². The summed E-state index contributed by atoms with van der Waals surface area (Å²) < 4.78 is 0. The van der Waals surface area contributed by atoms with E-state index in [-0.39, 0.29) is 0 Å². The van der Waals surface area contributed by atoms with Crippen molar-refractivity contribution in [2.24, 2.45) is 0 Å². The molecule has 0 radical (unpaired) electrons. The zero-order valence-electron chi connectivity index (χ0n) is 17.2. The molecule has 30 heavy (non-hydrogen) atoms. The van der Waals surface area contributed by atoms with Crippen LogP contribution in [-0.2, 0) is 4.79 Å². The van der Waals surface area contributed by atoms with Gasteiger partial charge in [0.25, 0.3) is 0 Å². The Bertz CT molecular complexity index is 1010. The van der Waals surface area contributed by atoms with Crippen LogP contribution in [0.1, 0.15) is 35.7 Å². The summed E-state index contributed by atoms with van der Waals surface area (Å²) in [6.45, 7) is 2.14. The smallest absolute Gasteiger partial charge is 0.150 e. The Hall–Kier alpha value is -3.11. The van der Waals surface area contributed by atoms with Crippen molar-refractivity contribution in [2.75, 3.05) is 11.2 Å². The summed E-state index contributed by atoms with van der Waals surface area (Å²) >= 11 is 1.75. The average Bonchev–Trinajstić information content (AvgIpc) is 3.04. The van der Waals surface area contributed by atoms with E-state index >= 15 is 0 Å². The number of hydrogen-bond acceptors (Lipinski definition) is 4. The fraction of sp³-hybridized carbons (Fsp3) is 0.154. The lowest BCUT2D eigenvalue weighted by Gasteiger charge is -2.27. The van der Waals surface area contributed by atoms with Gasteiger partial charge in [-0.2, -0.15) is 0 Å². The van der Waals surface area contributed by atoms with Gasteiger partial charge in [0, 0.05) is 39.5 Å². The van der Waals surface area contributed by atoms with Crippen LogP contribution in [0, 0.1) is 0 Å². The van der Waals surface area contributed by atoms with Crippen LogP contribution in [0.3, 0.4) is 0 Å². The Labute approximate surface area is 182 Å². The van der Waals surface area contributed by atoms with E-state index in [0.29, 0.717) is 17.6 Å². The molecule has 2 aromatic rings. The number of carbonyl (C=O) groups excluding carboxylic acids is 2. The topological polar surface area (TPSA) is 37.4 Å². The summed E-state index contributed by atoms with van der Waals surface area (Å²) in [5.41, 5.74) is 5.51. The molecule has 0 heterocycles. The summed E-state index contributed by atoms with van der Waals surface area (Å²) in [6, 6.07) is 16.0. The van der Waals surface area contributed by atoms with Gasteiger partial charge in [0.1, 0.15) is 12.6 Å². The van der Waals surface area contributed by atoms with E-state index in [9.17, 15) is 9.59 Å². The molecule has 3 rings (SSSR count). The molecule has 3 nitrogen and oxygen atoms in total. The van der Waals surface area contributed by atoms with Gasteiger partial charge in [-0.25, -0.2) is 0 Å². The summed E-state index contributed by atoms with van der Waals surface area (Å²) in [6.07, 6.45) is 15.4. The normalized spacial score (nSPS) is 13.9. The van der Waals surface area contributed by atoms with Crippen LogP contribution >= 0.6 is 11.8 Å². The molecular formula is C26H25NO2S. The molecule has 0 saturated heterocycles. The van der Waals surface area contributed by atoms with Gasteiger partial charge in [0.2, 0.25) is 0 Å². The molecule has 2 aromatic carbocycles. The van der Waals surface area contributed by atoms with E-state index < -0.39 is 0 Å². The predicted molar refractivity (Wildman–Crippen MR) is 128 cm³/mol. The second-order valence-electron chi connectivity index (χ2n) is 6.82. The molecule has 1 aliphatic rings. The number of carbonyl (C=O) groups is 2. The lowest BCUT2D eigenvalue weighted by Crippen LogP contribution is -2.16. The van der Waals surface area contributed by atoms with Crippen molar-refractivity contribution < 1.29 is 9.59 Å². The maximum atomic E-state index is 11.2. The summed E-state index contributed by atoms with van der Waals surface area (Å²) in [5.74, 6) is 0. The third kappa shape index (κ3) is 5.08. The second kappa shape index (κ2) is 10.6. The molecule has 0 atom stereocenters. The Morgan fingerprint density at radius 3 is 2.20 bits per heavy atom. The maximum Gasteiger partial charge on any atom is 0.150 e. The van der Waals surface area contributed by atoms with Crippen molar-refractivity contribution >= 4 is 40.6 Å². The molecule has 0 amide bonds. The SMILES string of the molecule is CC/C=C(\SC)c1ccc(N(C2=CC=C(C=O)C=CC2)c2ccc(C=O)cc2)cc1. The third-order valence-corrected chi connectivity index (χ3v) is 5.68. The Morgan fingerprint density at radius 1 is 0.967 bits per heavy atom. The number of hydrogen-bond donors (Lipinski definition) is 0. The summed E-state index contributed by atoms with van der Waals surface area (Å²) in [4.78, 5) is 25.7. The van der Waals surface area contributed by atoms with Crippen molar-refractivity contribution in [3.05, 3.63) is 101 Å². The van der Waals surface area contributed by atoms with Crippen LogP contribution in [0.5, 0.6) is 0 Å². The van der Waals surface area contributed by atoms with Crippen LogP contribution < -0.4 is 4.90 Å². The Balaban J connectivity index is 2.05. The highest BCUT2D eigenvalue weighted by Crippen LogP contribution is 2.34. The van der Waals surface area contributed by atoms with Gasteiger partial charge in [-0.3, -0.25) is 9.59 Å². The number of rotatable bonds is 8. The van der Waals surface area contributed by atoms with Gasteiger partial charge in [-0.05, 0) is 66.8 Å². The van der Waals surface area contributed by atoms with Crippen molar-refractivity contribution in [2.45, 2.75) is 19.8 Å².